The van der Waals surface area contributed by atoms with Gasteiger partial charge >= 0.3 is 0 Å². The first-order valence-electron chi connectivity index (χ1n) is 6.74. The minimum Gasteiger partial charge on any atom is -0.193 e. The van der Waals surface area contributed by atoms with Crippen molar-refractivity contribution >= 4 is 12.2 Å². The summed E-state index contributed by atoms with van der Waals surface area (Å²) in [6.07, 6.45) is 8.51. The van der Waals surface area contributed by atoms with Gasteiger partial charge in [0.15, 0.2) is 0 Å². The number of hydrogen-bond acceptors (Lipinski definition) is 1. The van der Waals surface area contributed by atoms with Gasteiger partial charge in [0.1, 0.15) is 0 Å². The van der Waals surface area contributed by atoms with Crippen LogP contribution in [0, 0.1) is 11.3 Å². The Hall–Kier alpha value is -2.85. The first-order chi connectivity index (χ1) is 10.3. The van der Waals surface area contributed by atoms with E-state index < -0.39 is 0 Å². The van der Waals surface area contributed by atoms with E-state index >= 15 is 0 Å². The molecule has 0 atom stereocenters. The predicted molar refractivity (Wildman–Crippen MR) is 91.5 cm³/mol. The maximum Gasteiger partial charge on any atom is 0.0905 e. The van der Waals surface area contributed by atoms with E-state index in [9.17, 15) is 0 Å². The fourth-order valence-corrected chi connectivity index (χ4v) is 1.78. The number of rotatable bonds is 1. The van der Waals surface area contributed by atoms with Crippen molar-refractivity contribution in [3.05, 3.63) is 96.6 Å². The summed E-state index contributed by atoms with van der Waals surface area (Å²) in [5, 5.41) is 7.51. The number of nitriles is 1. The summed E-state index contributed by atoms with van der Waals surface area (Å²) in [6, 6.07) is 20.2. The van der Waals surface area contributed by atoms with Gasteiger partial charge in [-0.25, -0.2) is 0 Å². The third kappa shape index (κ3) is 6.22. The molecule has 104 valence electrons. The van der Waals surface area contributed by atoms with Crippen LogP contribution in [-0.4, -0.2) is 0 Å². The van der Waals surface area contributed by atoms with Gasteiger partial charge in [0.05, 0.1) is 6.07 Å². The number of allylic oxidation sites excluding steroid dienone is 2. The van der Waals surface area contributed by atoms with Crippen LogP contribution in [0.1, 0.15) is 16.7 Å². The zero-order chi connectivity index (χ0) is 15.3. The smallest absolute Gasteiger partial charge is 0.0905 e. The lowest BCUT2D eigenvalue weighted by atomic mass is 10.1. The van der Waals surface area contributed by atoms with Gasteiger partial charge < -0.3 is 0 Å². The Balaban J connectivity index is 0.000000171. The van der Waals surface area contributed by atoms with Crippen molar-refractivity contribution in [1.82, 2.24) is 0 Å². The van der Waals surface area contributed by atoms with Crippen LogP contribution < -0.4 is 0 Å². The van der Waals surface area contributed by atoms with Gasteiger partial charge in [0, 0.05) is 6.08 Å². The lowest BCUT2D eigenvalue weighted by Gasteiger charge is -1.93. The molecule has 1 aliphatic rings. The quantitative estimate of drug-likeness (QED) is 0.648. The largest absolute Gasteiger partial charge is 0.193 e. The molecule has 0 aromatic heterocycles. The third-order valence-electron chi connectivity index (χ3n) is 2.82. The second kappa shape index (κ2) is 10.00. The molecule has 1 heteroatoms. The summed E-state index contributed by atoms with van der Waals surface area (Å²) in [6.45, 7) is 6.75. The monoisotopic (exact) mass is 273 g/mol. The van der Waals surface area contributed by atoms with E-state index in [1.54, 1.807) is 6.07 Å². The van der Waals surface area contributed by atoms with Crippen LogP contribution in [0.5, 0.6) is 0 Å². The van der Waals surface area contributed by atoms with E-state index in [0.29, 0.717) is 0 Å². The maximum atomic E-state index is 7.51. The minimum absolute atomic E-state index is 1.12. The van der Waals surface area contributed by atoms with Crippen molar-refractivity contribution < 1.29 is 0 Å². The van der Waals surface area contributed by atoms with Gasteiger partial charge in [-0.3, -0.25) is 0 Å². The lowest BCUT2D eigenvalue weighted by Crippen LogP contribution is -1.76. The van der Waals surface area contributed by atoms with E-state index in [-0.39, 0.29) is 0 Å². The Morgan fingerprint density at radius 2 is 1.57 bits per heavy atom. The summed E-state index contributed by atoms with van der Waals surface area (Å²) in [7, 11) is 0. The van der Waals surface area contributed by atoms with E-state index in [4.69, 9.17) is 5.26 Å². The number of nitrogens with zero attached hydrogens (tertiary/aromatic N) is 1. The maximum absolute atomic E-state index is 7.51. The molecule has 0 aliphatic heterocycles. The van der Waals surface area contributed by atoms with E-state index in [1.807, 2.05) is 36.4 Å². The summed E-state index contributed by atoms with van der Waals surface area (Å²) >= 11 is 0. The van der Waals surface area contributed by atoms with Crippen LogP contribution in [0.4, 0.5) is 0 Å². The first kappa shape index (κ1) is 16.2. The molecule has 2 aromatic carbocycles. The molecule has 0 heterocycles. The molecule has 0 saturated carbocycles. The van der Waals surface area contributed by atoms with Gasteiger partial charge in [-0.1, -0.05) is 86.0 Å². The highest BCUT2D eigenvalue weighted by Crippen LogP contribution is 2.17. The Morgan fingerprint density at radius 1 is 0.952 bits per heavy atom. The Kier molecular flexibility index (Phi) is 7.72. The molecule has 0 N–H and O–H groups in total. The summed E-state index contributed by atoms with van der Waals surface area (Å²) in [5.41, 5.74) is 4.02. The van der Waals surface area contributed by atoms with E-state index in [1.165, 1.54) is 22.8 Å². The zero-order valence-corrected chi connectivity index (χ0v) is 12.1. The van der Waals surface area contributed by atoms with Gasteiger partial charge in [0.25, 0.3) is 0 Å². The molecule has 21 heavy (non-hydrogen) atoms. The van der Waals surface area contributed by atoms with Crippen molar-refractivity contribution in [2.45, 2.75) is 6.42 Å². The lowest BCUT2D eigenvalue weighted by molar-refractivity contribution is 1.31. The first-order valence-corrected chi connectivity index (χ1v) is 6.74. The van der Waals surface area contributed by atoms with Crippen LogP contribution in [-0.2, 0) is 6.42 Å². The van der Waals surface area contributed by atoms with Crippen molar-refractivity contribution in [3.8, 4) is 6.07 Å². The van der Waals surface area contributed by atoms with Crippen molar-refractivity contribution in [2.75, 3.05) is 0 Å². The Labute approximate surface area is 127 Å². The molecule has 0 radical (unpaired) electrons. The Morgan fingerprint density at radius 3 is 2.10 bits per heavy atom. The molecule has 2 aromatic rings. The molecule has 1 nitrogen and oxygen atoms in total. The molecule has 0 saturated heterocycles. The van der Waals surface area contributed by atoms with Crippen molar-refractivity contribution in [1.29, 1.82) is 5.26 Å². The predicted octanol–water partition coefficient (Wildman–Crippen LogP) is 5.28. The normalized spacial score (nSPS) is 9.86. The summed E-state index contributed by atoms with van der Waals surface area (Å²) < 4.78 is 0. The number of hydrogen-bond donors (Lipinski definition) is 0. The highest BCUT2D eigenvalue weighted by Gasteiger charge is 2.00. The highest BCUT2D eigenvalue weighted by molar-refractivity contribution is 5.59. The van der Waals surface area contributed by atoms with E-state index in [2.05, 4.69) is 49.6 Å². The summed E-state index contributed by atoms with van der Waals surface area (Å²) in [4.78, 5) is 0. The Bertz CT molecular complexity index is 630. The average molecular weight is 273 g/mol. The van der Waals surface area contributed by atoms with Crippen LogP contribution in [0.15, 0.2) is 79.9 Å². The van der Waals surface area contributed by atoms with Crippen LogP contribution in [0.25, 0.3) is 12.2 Å². The molecule has 0 amide bonds. The van der Waals surface area contributed by atoms with Gasteiger partial charge in [-0.15, -0.1) is 0 Å². The molecule has 0 unspecified atom stereocenters. The number of benzene rings is 2. The van der Waals surface area contributed by atoms with Crippen molar-refractivity contribution in [2.24, 2.45) is 0 Å². The average Bonchev–Trinajstić information content (AvgIpc) is 3.05. The molecule has 0 spiro atoms. The highest BCUT2D eigenvalue weighted by atomic mass is 14.2. The third-order valence-corrected chi connectivity index (χ3v) is 2.82. The standard InChI is InChI=1S/C9H8.C8H8.C3H3N/c1-2-5-9-7-3-6-8(9)4-1;1-2-8-6-4-3-5-7-8;1-2-3-4/h1-6H,7H2;2-7H,1H2;2H,1H2. The minimum atomic E-state index is 1.12. The number of fused-ring (bicyclic) bond motifs is 1. The summed E-state index contributed by atoms with van der Waals surface area (Å²) in [5.74, 6) is 0. The second-order valence-corrected chi connectivity index (χ2v) is 4.25. The van der Waals surface area contributed by atoms with Crippen LogP contribution >= 0.6 is 0 Å². The zero-order valence-electron chi connectivity index (χ0n) is 12.1. The second-order valence-electron chi connectivity index (χ2n) is 4.25. The molecular formula is C20H19N. The molecule has 0 fully saturated rings. The fraction of sp³-hybridized carbons (Fsp3) is 0.0500. The van der Waals surface area contributed by atoms with Crippen LogP contribution in [0.3, 0.4) is 0 Å². The van der Waals surface area contributed by atoms with Gasteiger partial charge in [-0.2, -0.15) is 5.26 Å². The van der Waals surface area contributed by atoms with Crippen LogP contribution in [0.2, 0.25) is 0 Å². The topological polar surface area (TPSA) is 23.8 Å². The van der Waals surface area contributed by atoms with Crippen molar-refractivity contribution in [3.63, 3.8) is 0 Å². The van der Waals surface area contributed by atoms with E-state index in [0.717, 1.165) is 6.42 Å². The SMILES string of the molecule is C1=Cc2ccccc2C1.C=CC#N.C=Cc1ccccc1. The molecular weight excluding hydrogens is 254 g/mol. The van der Waals surface area contributed by atoms with Gasteiger partial charge in [-0.05, 0) is 23.1 Å². The van der Waals surface area contributed by atoms with Gasteiger partial charge in [0.2, 0.25) is 0 Å². The fourth-order valence-electron chi connectivity index (χ4n) is 1.78. The molecule has 1 aliphatic carbocycles. The molecule has 3 rings (SSSR count). The molecule has 0 bridgehead atoms.